The van der Waals surface area contributed by atoms with Crippen LogP contribution in [0, 0.1) is 12.3 Å². The Hall–Kier alpha value is -1.22. The van der Waals surface area contributed by atoms with Crippen molar-refractivity contribution in [1.82, 2.24) is 0 Å². The van der Waals surface area contributed by atoms with Crippen LogP contribution in [0.1, 0.15) is 43.4 Å². The van der Waals surface area contributed by atoms with Gasteiger partial charge in [-0.15, -0.1) is 6.42 Å². The van der Waals surface area contributed by atoms with E-state index in [0.29, 0.717) is 0 Å². The van der Waals surface area contributed by atoms with Crippen molar-refractivity contribution in [1.29, 1.82) is 0 Å². The molecule has 0 heterocycles. The standard InChI is InChI=1S/C14H18/c1-4-7-12-9-10-13(6-3)14(11-12)8-5-2/h3,9-11H,4-5,7-8H2,1-2H3. The summed E-state index contributed by atoms with van der Waals surface area (Å²) in [5.74, 6) is 2.75. The molecule has 0 radical (unpaired) electrons. The summed E-state index contributed by atoms with van der Waals surface area (Å²) in [6, 6.07) is 6.50. The van der Waals surface area contributed by atoms with Crippen molar-refractivity contribution in [3.8, 4) is 12.3 Å². The van der Waals surface area contributed by atoms with Gasteiger partial charge in [0, 0.05) is 5.56 Å². The van der Waals surface area contributed by atoms with Gasteiger partial charge < -0.3 is 0 Å². The van der Waals surface area contributed by atoms with E-state index >= 15 is 0 Å². The van der Waals surface area contributed by atoms with Crippen LogP contribution < -0.4 is 0 Å². The summed E-state index contributed by atoms with van der Waals surface area (Å²) < 4.78 is 0. The lowest BCUT2D eigenvalue weighted by Gasteiger charge is -2.06. The van der Waals surface area contributed by atoms with E-state index in [-0.39, 0.29) is 0 Å². The second-order valence-corrected chi connectivity index (χ2v) is 3.64. The van der Waals surface area contributed by atoms with E-state index in [2.05, 4.69) is 38.0 Å². The van der Waals surface area contributed by atoms with Gasteiger partial charge >= 0.3 is 0 Å². The Kier molecular flexibility index (Phi) is 4.26. The molecule has 74 valence electrons. The Morgan fingerprint density at radius 3 is 2.43 bits per heavy atom. The summed E-state index contributed by atoms with van der Waals surface area (Å²) in [5, 5.41) is 0. The fraction of sp³-hybridized carbons (Fsp3) is 0.429. The van der Waals surface area contributed by atoms with Crippen LogP contribution in [-0.4, -0.2) is 0 Å². The summed E-state index contributed by atoms with van der Waals surface area (Å²) >= 11 is 0. The first-order chi connectivity index (χ1) is 6.81. The molecule has 0 atom stereocenters. The highest BCUT2D eigenvalue weighted by Crippen LogP contribution is 2.14. The van der Waals surface area contributed by atoms with Gasteiger partial charge in [0.1, 0.15) is 0 Å². The van der Waals surface area contributed by atoms with Crippen LogP contribution in [0.3, 0.4) is 0 Å². The van der Waals surface area contributed by atoms with Crippen molar-refractivity contribution in [2.75, 3.05) is 0 Å². The molecule has 0 N–H and O–H groups in total. The van der Waals surface area contributed by atoms with Crippen molar-refractivity contribution in [3.05, 3.63) is 34.9 Å². The highest BCUT2D eigenvalue weighted by molar-refractivity contribution is 5.42. The molecule has 0 aromatic heterocycles. The van der Waals surface area contributed by atoms with Crippen LogP contribution in [0.2, 0.25) is 0 Å². The topological polar surface area (TPSA) is 0 Å². The maximum absolute atomic E-state index is 5.45. The molecule has 0 heteroatoms. The minimum atomic E-state index is 1.06. The lowest BCUT2D eigenvalue weighted by molar-refractivity contribution is 0.893. The van der Waals surface area contributed by atoms with Crippen LogP contribution in [0.4, 0.5) is 0 Å². The Balaban J connectivity index is 2.96. The zero-order chi connectivity index (χ0) is 10.4. The quantitative estimate of drug-likeness (QED) is 0.631. The summed E-state index contributed by atoms with van der Waals surface area (Å²) in [4.78, 5) is 0. The van der Waals surface area contributed by atoms with Crippen molar-refractivity contribution in [2.24, 2.45) is 0 Å². The predicted molar refractivity (Wildman–Crippen MR) is 62.4 cm³/mol. The lowest BCUT2D eigenvalue weighted by atomic mass is 9.99. The molecule has 0 aliphatic rings. The predicted octanol–water partition coefficient (Wildman–Crippen LogP) is 3.57. The Labute approximate surface area is 87.4 Å². The molecule has 0 saturated heterocycles. The average molecular weight is 186 g/mol. The molecular formula is C14H18. The average Bonchev–Trinajstić information content (AvgIpc) is 2.19. The molecule has 1 rings (SSSR count). The number of rotatable bonds is 4. The third-order valence-corrected chi connectivity index (χ3v) is 2.38. The van der Waals surface area contributed by atoms with Crippen molar-refractivity contribution >= 4 is 0 Å². The third kappa shape index (κ3) is 2.64. The summed E-state index contributed by atoms with van der Waals surface area (Å²) in [6.45, 7) is 4.39. The van der Waals surface area contributed by atoms with E-state index in [0.717, 1.165) is 24.8 Å². The number of terminal acetylenes is 1. The first-order valence-corrected chi connectivity index (χ1v) is 5.40. The zero-order valence-corrected chi connectivity index (χ0v) is 9.14. The van der Waals surface area contributed by atoms with Gasteiger partial charge in [-0.25, -0.2) is 0 Å². The van der Waals surface area contributed by atoms with Crippen molar-refractivity contribution in [3.63, 3.8) is 0 Å². The molecule has 1 aromatic carbocycles. The monoisotopic (exact) mass is 186 g/mol. The largest absolute Gasteiger partial charge is 0.115 e. The fourth-order valence-corrected chi connectivity index (χ4v) is 1.71. The summed E-state index contributed by atoms with van der Waals surface area (Å²) in [6.07, 6.45) is 10.1. The van der Waals surface area contributed by atoms with E-state index in [4.69, 9.17) is 6.42 Å². The van der Waals surface area contributed by atoms with Crippen LogP contribution in [0.15, 0.2) is 18.2 Å². The van der Waals surface area contributed by atoms with E-state index in [1.807, 2.05) is 0 Å². The van der Waals surface area contributed by atoms with E-state index in [1.54, 1.807) is 0 Å². The molecule has 0 aliphatic carbocycles. The van der Waals surface area contributed by atoms with E-state index in [1.165, 1.54) is 17.5 Å². The van der Waals surface area contributed by atoms with Gasteiger partial charge in [0.25, 0.3) is 0 Å². The van der Waals surface area contributed by atoms with Crippen LogP contribution >= 0.6 is 0 Å². The molecule has 0 unspecified atom stereocenters. The summed E-state index contributed by atoms with van der Waals surface area (Å²) in [7, 11) is 0. The Morgan fingerprint density at radius 1 is 1.14 bits per heavy atom. The minimum Gasteiger partial charge on any atom is -0.115 e. The first-order valence-electron chi connectivity index (χ1n) is 5.40. The Morgan fingerprint density at radius 2 is 1.86 bits per heavy atom. The van der Waals surface area contributed by atoms with Crippen molar-refractivity contribution in [2.45, 2.75) is 39.5 Å². The molecule has 0 bridgehead atoms. The van der Waals surface area contributed by atoms with Gasteiger partial charge in [-0.3, -0.25) is 0 Å². The number of benzene rings is 1. The number of hydrogen-bond donors (Lipinski definition) is 0. The maximum Gasteiger partial charge on any atom is 0.0274 e. The molecular weight excluding hydrogens is 168 g/mol. The molecule has 14 heavy (non-hydrogen) atoms. The summed E-state index contributed by atoms with van der Waals surface area (Å²) in [5.41, 5.74) is 3.81. The molecule has 1 aromatic rings. The van der Waals surface area contributed by atoms with Gasteiger partial charge in [0.2, 0.25) is 0 Å². The van der Waals surface area contributed by atoms with Gasteiger partial charge in [-0.1, -0.05) is 44.7 Å². The van der Waals surface area contributed by atoms with Gasteiger partial charge in [-0.05, 0) is 30.0 Å². The molecule has 0 amide bonds. The van der Waals surface area contributed by atoms with Crippen LogP contribution in [-0.2, 0) is 12.8 Å². The molecule has 0 fully saturated rings. The zero-order valence-electron chi connectivity index (χ0n) is 9.14. The lowest BCUT2D eigenvalue weighted by Crippen LogP contribution is -1.92. The minimum absolute atomic E-state index is 1.06. The first kappa shape index (κ1) is 10.9. The third-order valence-electron chi connectivity index (χ3n) is 2.38. The van der Waals surface area contributed by atoms with Gasteiger partial charge in [0.15, 0.2) is 0 Å². The highest BCUT2D eigenvalue weighted by Gasteiger charge is 2.00. The van der Waals surface area contributed by atoms with Crippen molar-refractivity contribution < 1.29 is 0 Å². The molecule has 0 spiro atoms. The molecule has 0 nitrogen and oxygen atoms in total. The SMILES string of the molecule is C#Cc1ccc(CCC)cc1CCC. The Bertz CT molecular complexity index is 328. The number of hydrogen-bond acceptors (Lipinski definition) is 0. The van der Waals surface area contributed by atoms with Gasteiger partial charge in [0.05, 0.1) is 0 Å². The number of aryl methyl sites for hydroxylation is 2. The fourth-order valence-electron chi connectivity index (χ4n) is 1.71. The van der Waals surface area contributed by atoms with Gasteiger partial charge in [-0.2, -0.15) is 0 Å². The van der Waals surface area contributed by atoms with E-state index < -0.39 is 0 Å². The normalized spacial score (nSPS) is 9.79. The van der Waals surface area contributed by atoms with Crippen LogP contribution in [0.25, 0.3) is 0 Å². The highest BCUT2D eigenvalue weighted by atomic mass is 14.0. The molecule has 0 saturated carbocycles. The van der Waals surface area contributed by atoms with E-state index in [9.17, 15) is 0 Å². The second-order valence-electron chi connectivity index (χ2n) is 3.64. The molecule has 0 aliphatic heterocycles. The van der Waals surface area contributed by atoms with Crippen LogP contribution in [0.5, 0.6) is 0 Å². The second kappa shape index (κ2) is 5.50. The maximum atomic E-state index is 5.45. The smallest absolute Gasteiger partial charge is 0.0274 e.